The predicted octanol–water partition coefficient (Wildman–Crippen LogP) is -0.150. The summed E-state index contributed by atoms with van der Waals surface area (Å²) < 4.78 is 48.4. The summed E-state index contributed by atoms with van der Waals surface area (Å²) in [6, 6.07) is 0. The van der Waals surface area contributed by atoms with Crippen molar-refractivity contribution in [3.63, 3.8) is 0 Å². The first-order valence-corrected chi connectivity index (χ1v) is 5.28. The fourth-order valence-corrected chi connectivity index (χ4v) is 1.63. The molecular weight excluding hydrogens is 201 g/mol. The zero-order valence-corrected chi connectivity index (χ0v) is 8.05. The number of ether oxygens (including phenoxy) is 1. The quantitative estimate of drug-likeness (QED) is 0.510. The summed E-state index contributed by atoms with van der Waals surface area (Å²) in [5, 5.41) is -2.71. The molecule has 1 saturated heterocycles. The van der Waals surface area contributed by atoms with Crippen molar-refractivity contribution < 1.29 is 22.1 Å². The highest BCUT2D eigenvalue weighted by molar-refractivity contribution is 7.87. The van der Waals surface area contributed by atoms with E-state index in [9.17, 15) is 12.8 Å². The van der Waals surface area contributed by atoms with Crippen molar-refractivity contribution in [2.45, 2.75) is 12.0 Å². The fourth-order valence-electron chi connectivity index (χ4n) is 1.13. The van der Waals surface area contributed by atoms with Crippen molar-refractivity contribution in [3.8, 4) is 0 Å². The first-order chi connectivity index (χ1) is 5.86. The van der Waals surface area contributed by atoms with E-state index in [0.29, 0.717) is 0 Å². The van der Waals surface area contributed by atoms with Crippen LogP contribution in [0.25, 0.3) is 0 Å². The number of alkyl halides is 1. The minimum Gasteiger partial charge on any atom is -0.379 e. The summed E-state index contributed by atoms with van der Waals surface area (Å²) in [4.78, 5) is 1.03. The molecular formula is C6H12FNO4S. The minimum absolute atomic E-state index is 0.160. The Bertz CT molecular complexity index is 270. The van der Waals surface area contributed by atoms with Gasteiger partial charge in [-0.25, -0.2) is 4.39 Å². The molecule has 1 unspecified atom stereocenters. The Morgan fingerprint density at radius 1 is 1.46 bits per heavy atom. The first kappa shape index (κ1) is 10.8. The molecule has 78 valence electrons. The molecule has 13 heavy (non-hydrogen) atoms. The zero-order chi connectivity index (χ0) is 10.1. The summed E-state index contributed by atoms with van der Waals surface area (Å²) in [7, 11) is -4.70. The third kappa shape index (κ3) is 2.16. The van der Waals surface area contributed by atoms with Gasteiger partial charge in [0.2, 0.25) is 0 Å². The maximum atomic E-state index is 13.5. The number of hydrogen-bond acceptors (Lipinski definition) is 4. The second-order valence-electron chi connectivity index (χ2n) is 2.94. The molecule has 1 N–H and O–H groups in total. The summed E-state index contributed by atoms with van der Waals surface area (Å²) >= 11 is 0. The van der Waals surface area contributed by atoms with Crippen LogP contribution in [-0.2, 0) is 14.9 Å². The van der Waals surface area contributed by atoms with Crippen molar-refractivity contribution in [1.29, 1.82) is 0 Å². The zero-order valence-electron chi connectivity index (χ0n) is 7.23. The molecule has 0 aromatic carbocycles. The van der Waals surface area contributed by atoms with Crippen molar-refractivity contribution in [2.24, 2.45) is 0 Å². The summed E-state index contributed by atoms with van der Waals surface area (Å²) in [5.74, 6) is 0. The highest BCUT2D eigenvalue weighted by atomic mass is 32.2. The number of nitrogens with zero attached hydrogens (tertiary/aromatic N) is 1. The molecule has 0 bridgehead atoms. The van der Waals surface area contributed by atoms with Crippen LogP contribution < -0.4 is 0 Å². The largest absolute Gasteiger partial charge is 0.379 e. The Labute approximate surface area is 76.2 Å². The highest BCUT2D eigenvalue weighted by Gasteiger charge is 2.44. The van der Waals surface area contributed by atoms with Gasteiger partial charge in [-0.05, 0) is 0 Å². The fraction of sp³-hybridized carbons (Fsp3) is 1.00. The van der Waals surface area contributed by atoms with Crippen LogP contribution in [0, 0.1) is 0 Å². The lowest BCUT2D eigenvalue weighted by atomic mass is 10.4. The van der Waals surface area contributed by atoms with Gasteiger partial charge in [0.05, 0.1) is 13.2 Å². The molecule has 1 heterocycles. The van der Waals surface area contributed by atoms with E-state index in [1.54, 1.807) is 0 Å². The SMILES string of the molecule is CC(F)(N1CCOCC1)S(=O)(=O)O. The average Bonchev–Trinajstić information content (AvgIpc) is 2.04. The standard InChI is InChI=1S/C6H12FNO4S/c1-6(7,13(9,10)11)8-2-4-12-5-3-8/h2-5H2,1H3,(H,9,10,11). The molecule has 7 heteroatoms. The van der Waals surface area contributed by atoms with Crippen LogP contribution in [0.1, 0.15) is 6.92 Å². The molecule has 0 aromatic heterocycles. The van der Waals surface area contributed by atoms with Crippen molar-refractivity contribution in [1.82, 2.24) is 4.90 Å². The van der Waals surface area contributed by atoms with Crippen LogP contribution in [0.15, 0.2) is 0 Å². The Morgan fingerprint density at radius 2 is 1.92 bits per heavy atom. The van der Waals surface area contributed by atoms with Crippen LogP contribution in [0.2, 0.25) is 0 Å². The Balaban J connectivity index is 2.79. The smallest absolute Gasteiger partial charge is 0.314 e. The maximum Gasteiger partial charge on any atom is 0.314 e. The summed E-state index contributed by atoms with van der Waals surface area (Å²) in [5.41, 5.74) is 0. The normalized spacial score (nSPS) is 25.5. The van der Waals surface area contributed by atoms with Gasteiger partial charge in [-0.15, -0.1) is 0 Å². The molecule has 0 saturated carbocycles. The van der Waals surface area contributed by atoms with E-state index in [0.717, 1.165) is 11.8 Å². The second-order valence-corrected chi connectivity index (χ2v) is 4.64. The molecule has 0 spiro atoms. The first-order valence-electron chi connectivity index (χ1n) is 3.84. The van der Waals surface area contributed by atoms with Crippen LogP contribution in [-0.4, -0.2) is 49.3 Å². The van der Waals surface area contributed by atoms with Crippen molar-refractivity contribution >= 4 is 10.1 Å². The lowest BCUT2D eigenvalue weighted by molar-refractivity contribution is -0.0371. The third-order valence-electron chi connectivity index (χ3n) is 2.05. The van der Waals surface area contributed by atoms with Crippen molar-refractivity contribution in [3.05, 3.63) is 0 Å². The lowest BCUT2D eigenvalue weighted by Crippen LogP contribution is -2.53. The molecule has 0 aromatic rings. The average molecular weight is 213 g/mol. The Hall–Kier alpha value is -0.240. The molecule has 1 rings (SSSR count). The van der Waals surface area contributed by atoms with E-state index in [1.165, 1.54) is 0 Å². The molecule has 0 radical (unpaired) electrons. The third-order valence-corrected chi connectivity index (χ3v) is 3.25. The summed E-state index contributed by atoms with van der Waals surface area (Å²) in [6.07, 6.45) is 0. The van der Waals surface area contributed by atoms with Gasteiger partial charge in [-0.1, -0.05) is 0 Å². The van der Waals surface area contributed by atoms with Crippen LogP contribution in [0.4, 0.5) is 4.39 Å². The van der Waals surface area contributed by atoms with Gasteiger partial charge in [-0.3, -0.25) is 9.45 Å². The minimum atomic E-state index is -4.70. The number of halogens is 1. The molecule has 1 fully saturated rings. The number of rotatable bonds is 2. The predicted molar refractivity (Wildman–Crippen MR) is 43.5 cm³/mol. The van der Waals surface area contributed by atoms with Gasteiger partial charge in [0.15, 0.2) is 0 Å². The van der Waals surface area contributed by atoms with Crippen LogP contribution in [0.5, 0.6) is 0 Å². The van der Waals surface area contributed by atoms with E-state index in [-0.39, 0.29) is 26.3 Å². The molecule has 1 atom stereocenters. The second kappa shape index (κ2) is 3.49. The van der Waals surface area contributed by atoms with Crippen LogP contribution in [0.3, 0.4) is 0 Å². The molecule has 0 aliphatic carbocycles. The van der Waals surface area contributed by atoms with E-state index >= 15 is 0 Å². The van der Waals surface area contributed by atoms with Gasteiger partial charge >= 0.3 is 10.1 Å². The molecule has 1 aliphatic heterocycles. The Morgan fingerprint density at radius 3 is 2.31 bits per heavy atom. The summed E-state index contributed by atoms with van der Waals surface area (Å²) in [6.45, 7) is 1.69. The van der Waals surface area contributed by atoms with E-state index in [1.807, 2.05) is 0 Å². The lowest BCUT2D eigenvalue weighted by Gasteiger charge is -2.34. The van der Waals surface area contributed by atoms with Gasteiger partial charge in [-0.2, -0.15) is 8.42 Å². The van der Waals surface area contributed by atoms with Gasteiger partial charge in [0.25, 0.3) is 5.12 Å². The topological polar surface area (TPSA) is 66.8 Å². The van der Waals surface area contributed by atoms with E-state index in [2.05, 4.69) is 0 Å². The van der Waals surface area contributed by atoms with Gasteiger partial charge in [0, 0.05) is 20.0 Å². The van der Waals surface area contributed by atoms with E-state index < -0.39 is 15.2 Å². The number of hydrogen-bond donors (Lipinski definition) is 1. The molecule has 1 aliphatic rings. The molecule has 5 nitrogen and oxygen atoms in total. The van der Waals surface area contributed by atoms with Crippen LogP contribution >= 0.6 is 0 Å². The van der Waals surface area contributed by atoms with Crippen molar-refractivity contribution in [2.75, 3.05) is 26.3 Å². The molecule has 0 amide bonds. The monoisotopic (exact) mass is 213 g/mol. The van der Waals surface area contributed by atoms with E-state index in [4.69, 9.17) is 9.29 Å². The Kier molecular flexibility index (Phi) is 2.91. The van der Waals surface area contributed by atoms with Gasteiger partial charge < -0.3 is 4.74 Å². The number of morpholine rings is 1. The highest BCUT2D eigenvalue weighted by Crippen LogP contribution is 2.23. The van der Waals surface area contributed by atoms with Gasteiger partial charge in [0.1, 0.15) is 0 Å². The maximum absolute atomic E-state index is 13.5.